The molecule has 0 spiro atoms. The first-order valence-electron chi connectivity index (χ1n) is 5.71. The summed E-state index contributed by atoms with van der Waals surface area (Å²) in [7, 11) is 0. The third kappa shape index (κ3) is 4.11. The second-order valence-electron chi connectivity index (χ2n) is 4.10. The van der Waals surface area contributed by atoms with Crippen molar-refractivity contribution < 1.29 is 14.6 Å². The van der Waals surface area contributed by atoms with Gasteiger partial charge >= 0.3 is 5.97 Å². The van der Waals surface area contributed by atoms with Crippen LogP contribution in [0.25, 0.3) is 0 Å². The van der Waals surface area contributed by atoms with Gasteiger partial charge in [0.25, 0.3) is 0 Å². The highest BCUT2D eigenvalue weighted by Crippen LogP contribution is 2.20. The number of hydrogen-bond acceptors (Lipinski definition) is 3. The molecule has 0 radical (unpaired) electrons. The van der Waals surface area contributed by atoms with E-state index >= 15 is 0 Å². The van der Waals surface area contributed by atoms with Crippen LogP contribution in [-0.2, 0) is 4.79 Å². The third-order valence-electron chi connectivity index (χ3n) is 2.22. The van der Waals surface area contributed by atoms with Crippen molar-refractivity contribution in [2.24, 2.45) is 0 Å². The molecule has 0 aliphatic carbocycles. The van der Waals surface area contributed by atoms with E-state index in [1.807, 2.05) is 13.8 Å². The molecule has 1 aromatic rings. The summed E-state index contributed by atoms with van der Waals surface area (Å²) in [6, 6.07) is 6.18. The van der Waals surface area contributed by atoms with Crippen LogP contribution in [0.5, 0.6) is 5.75 Å². The third-order valence-corrected chi connectivity index (χ3v) is 2.22. The number of aliphatic carboxylic acids is 1. The summed E-state index contributed by atoms with van der Waals surface area (Å²) in [6.45, 7) is 4.03. The van der Waals surface area contributed by atoms with Crippen LogP contribution in [0.15, 0.2) is 24.3 Å². The van der Waals surface area contributed by atoms with Crippen molar-refractivity contribution in [2.45, 2.75) is 26.0 Å². The van der Waals surface area contributed by atoms with E-state index in [-0.39, 0.29) is 12.6 Å². The summed E-state index contributed by atoms with van der Waals surface area (Å²) in [5.74, 6) is 2.05. The zero-order chi connectivity index (χ0) is 13.5. The molecular formula is C14H17NO3. The number of terminal acetylenes is 1. The van der Waals surface area contributed by atoms with E-state index in [0.29, 0.717) is 11.3 Å². The zero-order valence-corrected chi connectivity index (χ0v) is 10.5. The molecule has 0 fully saturated rings. The molecule has 0 bridgehead atoms. The lowest BCUT2D eigenvalue weighted by Crippen LogP contribution is -2.28. The predicted molar refractivity (Wildman–Crippen MR) is 69.4 cm³/mol. The molecule has 0 aromatic heterocycles. The van der Waals surface area contributed by atoms with Gasteiger partial charge in [-0.25, -0.2) is 0 Å². The standard InChI is InChI=1S/C14H17NO3/c1-4-8-15-13(14(16)17)11-6-5-7-12(9-11)18-10(2)3/h1,5-7,9-10,13,15H,8H2,2-3H3,(H,16,17). The van der Waals surface area contributed by atoms with Gasteiger partial charge in [-0.15, -0.1) is 6.42 Å². The minimum absolute atomic E-state index is 0.0437. The Labute approximate surface area is 107 Å². The van der Waals surface area contributed by atoms with Crippen LogP contribution in [0.1, 0.15) is 25.5 Å². The van der Waals surface area contributed by atoms with Crippen molar-refractivity contribution in [1.82, 2.24) is 5.32 Å². The van der Waals surface area contributed by atoms with E-state index < -0.39 is 12.0 Å². The molecule has 2 N–H and O–H groups in total. The van der Waals surface area contributed by atoms with Gasteiger partial charge in [0.2, 0.25) is 0 Å². The molecular weight excluding hydrogens is 230 g/mol. The fourth-order valence-corrected chi connectivity index (χ4v) is 1.55. The summed E-state index contributed by atoms with van der Waals surface area (Å²) in [6.07, 6.45) is 5.16. The van der Waals surface area contributed by atoms with Gasteiger partial charge < -0.3 is 9.84 Å². The second kappa shape index (κ2) is 6.67. The fourth-order valence-electron chi connectivity index (χ4n) is 1.55. The Balaban J connectivity index is 2.91. The number of carboxylic acids is 1. The Hall–Kier alpha value is -1.99. The van der Waals surface area contributed by atoms with Crippen molar-refractivity contribution in [3.63, 3.8) is 0 Å². The first kappa shape index (κ1) is 14.1. The van der Waals surface area contributed by atoms with E-state index in [1.54, 1.807) is 24.3 Å². The van der Waals surface area contributed by atoms with Crippen LogP contribution < -0.4 is 10.1 Å². The molecule has 0 saturated heterocycles. The predicted octanol–water partition coefficient (Wildman–Crippen LogP) is 1.82. The van der Waals surface area contributed by atoms with E-state index in [4.69, 9.17) is 16.3 Å². The van der Waals surface area contributed by atoms with Crippen LogP contribution in [0.2, 0.25) is 0 Å². The highest BCUT2D eigenvalue weighted by Gasteiger charge is 2.19. The summed E-state index contributed by atoms with van der Waals surface area (Å²) >= 11 is 0. The molecule has 4 nitrogen and oxygen atoms in total. The zero-order valence-electron chi connectivity index (χ0n) is 10.5. The van der Waals surface area contributed by atoms with Gasteiger partial charge in [0, 0.05) is 0 Å². The maximum absolute atomic E-state index is 11.2. The van der Waals surface area contributed by atoms with Crippen molar-refractivity contribution in [2.75, 3.05) is 6.54 Å². The van der Waals surface area contributed by atoms with Gasteiger partial charge in [0.05, 0.1) is 12.6 Å². The van der Waals surface area contributed by atoms with Crippen molar-refractivity contribution in [1.29, 1.82) is 0 Å². The quantitative estimate of drug-likeness (QED) is 0.753. The lowest BCUT2D eigenvalue weighted by molar-refractivity contribution is -0.139. The number of hydrogen-bond donors (Lipinski definition) is 2. The van der Waals surface area contributed by atoms with E-state index in [9.17, 15) is 4.79 Å². The minimum atomic E-state index is -0.966. The highest BCUT2D eigenvalue weighted by molar-refractivity contribution is 5.75. The monoisotopic (exact) mass is 247 g/mol. The number of benzene rings is 1. The maximum Gasteiger partial charge on any atom is 0.325 e. The first-order chi connectivity index (χ1) is 8.54. The fraction of sp³-hybridized carbons (Fsp3) is 0.357. The normalized spacial score (nSPS) is 11.9. The van der Waals surface area contributed by atoms with Crippen LogP contribution >= 0.6 is 0 Å². The Bertz CT molecular complexity index is 449. The Kier molecular flexibility index (Phi) is 5.22. The number of ether oxygens (including phenoxy) is 1. The molecule has 1 aromatic carbocycles. The van der Waals surface area contributed by atoms with Gasteiger partial charge in [-0.05, 0) is 31.5 Å². The lowest BCUT2D eigenvalue weighted by Gasteiger charge is -2.15. The molecule has 1 atom stereocenters. The molecule has 0 saturated carbocycles. The molecule has 4 heteroatoms. The van der Waals surface area contributed by atoms with Crippen LogP contribution in [0.4, 0.5) is 0 Å². The lowest BCUT2D eigenvalue weighted by atomic mass is 10.1. The second-order valence-corrected chi connectivity index (χ2v) is 4.10. The van der Waals surface area contributed by atoms with Crippen molar-refractivity contribution >= 4 is 5.97 Å². The molecule has 1 rings (SSSR count). The van der Waals surface area contributed by atoms with Crippen LogP contribution in [0.3, 0.4) is 0 Å². The molecule has 0 heterocycles. The molecule has 0 amide bonds. The molecule has 18 heavy (non-hydrogen) atoms. The summed E-state index contributed by atoms with van der Waals surface area (Å²) in [5, 5.41) is 11.9. The van der Waals surface area contributed by atoms with Crippen molar-refractivity contribution in [3.8, 4) is 18.1 Å². The molecule has 0 aliphatic heterocycles. The van der Waals surface area contributed by atoms with Gasteiger partial charge in [-0.2, -0.15) is 0 Å². The van der Waals surface area contributed by atoms with E-state index in [0.717, 1.165) is 0 Å². The maximum atomic E-state index is 11.2. The molecule has 0 aliphatic rings. The van der Waals surface area contributed by atoms with Crippen LogP contribution in [0, 0.1) is 12.3 Å². The highest BCUT2D eigenvalue weighted by atomic mass is 16.5. The summed E-state index contributed by atoms with van der Waals surface area (Å²) in [4.78, 5) is 11.2. The van der Waals surface area contributed by atoms with Crippen molar-refractivity contribution in [3.05, 3.63) is 29.8 Å². The number of carboxylic acid groups (broad SMARTS) is 1. The Morgan fingerprint density at radius 3 is 2.83 bits per heavy atom. The number of nitrogens with one attached hydrogen (secondary N) is 1. The topological polar surface area (TPSA) is 58.6 Å². The van der Waals surface area contributed by atoms with Gasteiger partial charge in [-0.1, -0.05) is 18.1 Å². The van der Waals surface area contributed by atoms with Gasteiger partial charge in [-0.3, -0.25) is 10.1 Å². The molecule has 1 unspecified atom stereocenters. The average molecular weight is 247 g/mol. The minimum Gasteiger partial charge on any atom is -0.491 e. The Morgan fingerprint density at radius 1 is 1.56 bits per heavy atom. The van der Waals surface area contributed by atoms with Crippen LogP contribution in [-0.4, -0.2) is 23.7 Å². The number of rotatable bonds is 6. The first-order valence-corrected chi connectivity index (χ1v) is 5.71. The van der Waals surface area contributed by atoms with E-state index in [2.05, 4.69) is 11.2 Å². The Morgan fingerprint density at radius 2 is 2.28 bits per heavy atom. The smallest absolute Gasteiger partial charge is 0.325 e. The SMILES string of the molecule is C#CCNC(C(=O)O)c1cccc(OC(C)C)c1. The van der Waals surface area contributed by atoms with Gasteiger partial charge in [0.1, 0.15) is 11.8 Å². The summed E-state index contributed by atoms with van der Waals surface area (Å²) in [5.41, 5.74) is 0.621. The molecule has 96 valence electrons. The van der Waals surface area contributed by atoms with Gasteiger partial charge in [0.15, 0.2) is 0 Å². The van der Waals surface area contributed by atoms with E-state index in [1.165, 1.54) is 0 Å². The summed E-state index contributed by atoms with van der Waals surface area (Å²) < 4.78 is 5.53. The largest absolute Gasteiger partial charge is 0.491 e. The number of carbonyl (C=O) groups is 1. The average Bonchev–Trinajstić information content (AvgIpc) is 2.28.